The lowest BCUT2D eigenvalue weighted by atomic mass is 10.1. The summed E-state index contributed by atoms with van der Waals surface area (Å²) in [7, 11) is 3.12. The molecule has 0 aliphatic rings. The van der Waals surface area contributed by atoms with Gasteiger partial charge in [0.1, 0.15) is 5.78 Å². The van der Waals surface area contributed by atoms with E-state index in [4.69, 9.17) is 10.2 Å². The van der Waals surface area contributed by atoms with Gasteiger partial charge in [-0.15, -0.1) is 0 Å². The van der Waals surface area contributed by atoms with Crippen LogP contribution in [-0.2, 0) is 14.4 Å². The summed E-state index contributed by atoms with van der Waals surface area (Å²) in [6.07, 6.45) is 26.3. The third-order valence-electron chi connectivity index (χ3n) is 5.06. The van der Waals surface area contributed by atoms with Gasteiger partial charge in [-0.3, -0.25) is 9.59 Å². The lowest BCUT2D eigenvalue weighted by molar-refractivity contribution is -0.158. The number of hydrogen-bond acceptors (Lipinski definition) is 7. The molecule has 1 amide bonds. The molecular formula is C29H45NO6S2. The van der Waals surface area contributed by atoms with Crippen molar-refractivity contribution in [1.29, 1.82) is 0 Å². The molecule has 2 atom stereocenters. The van der Waals surface area contributed by atoms with Gasteiger partial charge in [0, 0.05) is 30.9 Å². The minimum Gasteiger partial charge on any atom is -0.479 e. The molecule has 0 bridgehead atoms. The number of hydrogen-bond donors (Lipinski definition) is 4. The Hall–Kier alpha value is -2.07. The van der Waals surface area contributed by atoms with Crippen LogP contribution in [0, 0.1) is 0 Å². The van der Waals surface area contributed by atoms with E-state index in [0.717, 1.165) is 57.1 Å². The van der Waals surface area contributed by atoms with Crippen LogP contribution in [0.5, 0.6) is 0 Å². The minimum atomic E-state index is -2.14. The lowest BCUT2D eigenvalue weighted by Gasteiger charge is -2.13. The summed E-state index contributed by atoms with van der Waals surface area (Å²) in [5.41, 5.74) is 0. The Labute approximate surface area is 236 Å². The third kappa shape index (κ3) is 23.1. The maximum atomic E-state index is 12.0. The molecule has 0 spiro atoms. The molecule has 7 nitrogen and oxygen atoms in total. The van der Waals surface area contributed by atoms with Crippen LogP contribution in [0.25, 0.3) is 0 Å². The van der Waals surface area contributed by atoms with Crippen molar-refractivity contribution in [2.24, 2.45) is 0 Å². The topological polar surface area (TPSA) is 124 Å². The number of unbranched alkanes of at least 4 members (excludes halogenated alkanes) is 1. The molecule has 0 radical (unpaired) electrons. The third-order valence-corrected chi connectivity index (χ3v) is 7.55. The van der Waals surface area contributed by atoms with Gasteiger partial charge >= 0.3 is 5.97 Å². The lowest BCUT2D eigenvalue weighted by Crippen LogP contribution is -2.46. The molecule has 9 heteroatoms. The zero-order valence-corrected chi connectivity index (χ0v) is 24.1. The standard InChI is InChI=1S/C29H45NO6S2/c1-2-3-4-5-6-7-8-9-10-11-12-13-14-15-16-17-18-20-25(31)21-19-23-37-38-24-22-30-28(34)26(32)27(33)29(35)36/h3-4,6-7,9-10,12-13,15-16,26-27,32-33H,2,5,8,11,14,17-24H2,1H3,(H,30,34)(H,35,36)/b4-3-,7-6-,10-9-,13-12-,16-15-/t26-,27-/m1/s1. The van der Waals surface area contributed by atoms with Crippen LogP contribution in [0.3, 0.4) is 0 Å². The number of aliphatic carboxylic acids is 1. The Morgan fingerprint density at radius 2 is 1.21 bits per heavy atom. The van der Waals surface area contributed by atoms with Gasteiger partial charge in [-0.2, -0.15) is 0 Å². The summed E-state index contributed by atoms with van der Waals surface area (Å²) in [6, 6.07) is 0. The summed E-state index contributed by atoms with van der Waals surface area (Å²) in [5.74, 6) is -0.907. The Kier molecular flexibility index (Phi) is 25.1. The van der Waals surface area contributed by atoms with Gasteiger partial charge in [-0.1, -0.05) is 89.3 Å². The number of allylic oxidation sites excluding steroid dienone is 10. The minimum absolute atomic E-state index is 0.245. The Balaban J connectivity index is 3.58. The zero-order valence-electron chi connectivity index (χ0n) is 22.5. The van der Waals surface area contributed by atoms with Crippen LogP contribution in [-0.4, -0.2) is 63.2 Å². The second-order valence-corrected chi connectivity index (χ2v) is 11.1. The van der Waals surface area contributed by atoms with Crippen molar-refractivity contribution < 1.29 is 29.7 Å². The average Bonchev–Trinajstić information content (AvgIpc) is 2.90. The number of amides is 1. The van der Waals surface area contributed by atoms with Crippen LogP contribution < -0.4 is 5.32 Å². The first-order chi connectivity index (χ1) is 18.4. The molecule has 0 aliphatic carbocycles. The molecule has 0 saturated heterocycles. The Morgan fingerprint density at radius 1 is 0.711 bits per heavy atom. The molecule has 214 valence electrons. The summed E-state index contributed by atoms with van der Waals surface area (Å²) < 4.78 is 0. The van der Waals surface area contributed by atoms with E-state index < -0.39 is 24.1 Å². The number of carboxylic acid groups (broad SMARTS) is 1. The molecule has 0 aromatic rings. The largest absolute Gasteiger partial charge is 0.479 e. The molecule has 0 rings (SSSR count). The molecule has 0 fully saturated rings. The normalized spacial score (nSPS) is 13.9. The van der Waals surface area contributed by atoms with E-state index >= 15 is 0 Å². The highest BCUT2D eigenvalue weighted by Gasteiger charge is 2.29. The average molecular weight is 568 g/mol. The van der Waals surface area contributed by atoms with Crippen molar-refractivity contribution in [1.82, 2.24) is 5.32 Å². The predicted molar refractivity (Wildman–Crippen MR) is 160 cm³/mol. The second kappa shape index (κ2) is 26.5. The summed E-state index contributed by atoms with van der Waals surface area (Å²) in [4.78, 5) is 34.0. The first-order valence-electron chi connectivity index (χ1n) is 13.3. The van der Waals surface area contributed by atoms with Crippen molar-refractivity contribution in [3.8, 4) is 0 Å². The van der Waals surface area contributed by atoms with E-state index in [-0.39, 0.29) is 12.3 Å². The number of Topliss-reactive ketones (excluding diaryl/α,β-unsaturated/α-hetero) is 1. The fraction of sp³-hybridized carbons (Fsp3) is 0.552. The van der Waals surface area contributed by atoms with Crippen LogP contribution in [0.15, 0.2) is 60.8 Å². The predicted octanol–water partition coefficient (Wildman–Crippen LogP) is 5.56. The molecule has 0 aromatic carbocycles. The number of ketones is 1. The second-order valence-electron chi connectivity index (χ2n) is 8.41. The monoisotopic (exact) mass is 567 g/mol. The number of carboxylic acids is 1. The summed E-state index contributed by atoms with van der Waals surface area (Å²) in [6.45, 7) is 2.38. The van der Waals surface area contributed by atoms with Crippen molar-refractivity contribution in [3.05, 3.63) is 60.8 Å². The fourth-order valence-corrected chi connectivity index (χ4v) is 4.95. The number of rotatable bonds is 24. The molecule has 0 saturated carbocycles. The van der Waals surface area contributed by atoms with Gasteiger partial charge in [0.05, 0.1) is 0 Å². The Morgan fingerprint density at radius 3 is 1.76 bits per heavy atom. The van der Waals surface area contributed by atoms with E-state index in [1.54, 1.807) is 10.8 Å². The molecule has 0 aromatic heterocycles. The maximum absolute atomic E-state index is 12.0. The maximum Gasteiger partial charge on any atom is 0.335 e. The molecular weight excluding hydrogens is 522 g/mol. The number of aliphatic hydroxyl groups excluding tert-OH is 2. The van der Waals surface area contributed by atoms with E-state index in [2.05, 4.69) is 73.0 Å². The van der Waals surface area contributed by atoms with Crippen LogP contribution in [0.4, 0.5) is 0 Å². The number of carbonyl (C=O) groups excluding carboxylic acids is 2. The first kappa shape index (κ1) is 35.9. The highest BCUT2D eigenvalue weighted by molar-refractivity contribution is 8.76. The van der Waals surface area contributed by atoms with Crippen LogP contribution in [0.2, 0.25) is 0 Å². The van der Waals surface area contributed by atoms with Gasteiger partial charge in [-0.05, 0) is 51.4 Å². The van der Waals surface area contributed by atoms with Gasteiger partial charge in [-0.25, -0.2) is 4.79 Å². The highest BCUT2D eigenvalue weighted by atomic mass is 33.1. The number of nitrogens with one attached hydrogen (secondary N) is 1. The molecule has 0 unspecified atom stereocenters. The molecule has 4 N–H and O–H groups in total. The number of carbonyl (C=O) groups is 3. The van der Waals surface area contributed by atoms with Crippen LogP contribution >= 0.6 is 21.6 Å². The van der Waals surface area contributed by atoms with Gasteiger partial charge in [0.15, 0.2) is 12.2 Å². The van der Waals surface area contributed by atoms with E-state index in [9.17, 15) is 19.5 Å². The fourth-order valence-electron chi connectivity index (χ4n) is 2.96. The highest BCUT2D eigenvalue weighted by Crippen LogP contribution is 2.22. The van der Waals surface area contributed by atoms with Crippen molar-refractivity contribution in [2.75, 3.05) is 18.1 Å². The van der Waals surface area contributed by atoms with Gasteiger partial charge in [0.25, 0.3) is 5.91 Å². The van der Waals surface area contributed by atoms with Crippen LogP contribution in [0.1, 0.15) is 71.1 Å². The summed E-state index contributed by atoms with van der Waals surface area (Å²) >= 11 is 0. The Bertz CT molecular complexity index is 792. The quantitative estimate of drug-likeness (QED) is 0.0679. The first-order valence-corrected chi connectivity index (χ1v) is 15.8. The molecule has 0 aliphatic heterocycles. The smallest absolute Gasteiger partial charge is 0.335 e. The van der Waals surface area contributed by atoms with Crippen molar-refractivity contribution in [3.63, 3.8) is 0 Å². The van der Waals surface area contributed by atoms with Crippen molar-refractivity contribution in [2.45, 2.75) is 83.3 Å². The zero-order chi connectivity index (χ0) is 28.3. The van der Waals surface area contributed by atoms with E-state index in [0.29, 0.717) is 18.6 Å². The number of aliphatic hydroxyl groups is 2. The van der Waals surface area contributed by atoms with Gasteiger partial charge < -0.3 is 20.6 Å². The molecule has 38 heavy (non-hydrogen) atoms. The molecule has 0 heterocycles. The summed E-state index contributed by atoms with van der Waals surface area (Å²) in [5, 5.41) is 29.4. The van der Waals surface area contributed by atoms with E-state index in [1.165, 1.54) is 10.8 Å². The SMILES string of the molecule is CC/C=C\C/C=C\C/C=C\C/C=C\C/C=C\CCCC(=O)CCCSSCCNC(=O)[C@H](O)[C@@H](O)C(=O)O. The van der Waals surface area contributed by atoms with Gasteiger partial charge in [0.2, 0.25) is 0 Å². The van der Waals surface area contributed by atoms with Crippen molar-refractivity contribution >= 4 is 39.2 Å². The van der Waals surface area contributed by atoms with E-state index in [1.807, 2.05) is 0 Å².